The van der Waals surface area contributed by atoms with Crippen molar-refractivity contribution in [3.63, 3.8) is 0 Å². The second-order valence-electron chi connectivity index (χ2n) is 16.7. The lowest BCUT2D eigenvalue weighted by atomic mass is 9.74. The molecule has 0 spiro atoms. The van der Waals surface area contributed by atoms with Crippen molar-refractivity contribution in [2.24, 2.45) is 0 Å². The van der Waals surface area contributed by atoms with Crippen LogP contribution in [0.15, 0.2) is 121 Å². The second-order valence-corrected chi connectivity index (χ2v) is 16.7. The van der Waals surface area contributed by atoms with Crippen LogP contribution in [0.1, 0.15) is 67.8 Å². The fourth-order valence-corrected chi connectivity index (χ4v) is 9.64. The van der Waals surface area contributed by atoms with Crippen LogP contribution in [-0.2, 0) is 0 Å². The first-order valence-electron chi connectivity index (χ1n) is 19.7. The normalized spacial score (nSPS) is 15.0. The summed E-state index contributed by atoms with van der Waals surface area (Å²) < 4.78 is 0. The molecule has 8 aromatic carbocycles. The lowest BCUT2D eigenvalue weighted by Crippen LogP contribution is -2.18. The summed E-state index contributed by atoms with van der Waals surface area (Å²) in [6.45, 7) is 17.2. The van der Waals surface area contributed by atoms with E-state index in [0.717, 1.165) is 77.2 Å². The minimum atomic E-state index is -1.11. The highest BCUT2D eigenvalue weighted by molar-refractivity contribution is 6.16. The van der Waals surface area contributed by atoms with E-state index in [9.17, 15) is 10.2 Å². The van der Waals surface area contributed by atoms with Crippen LogP contribution in [0, 0.1) is 55.4 Å². The monoisotopic (exact) mass is 728 g/mol. The first-order chi connectivity index (χ1) is 26.8. The maximum Gasteiger partial charge on any atom is 0.110 e. The highest BCUT2D eigenvalue weighted by atomic mass is 16.3. The third-order valence-corrected chi connectivity index (χ3v) is 11.7. The van der Waals surface area contributed by atoms with Gasteiger partial charge in [-0.2, -0.15) is 0 Å². The van der Waals surface area contributed by atoms with E-state index < -0.39 is 12.2 Å². The molecular formula is C54H48O2. The van der Waals surface area contributed by atoms with Gasteiger partial charge in [0, 0.05) is 0 Å². The van der Waals surface area contributed by atoms with Crippen molar-refractivity contribution in [1.82, 2.24) is 0 Å². The van der Waals surface area contributed by atoms with Crippen LogP contribution in [0.25, 0.3) is 77.2 Å². The van der Waals surface area contributed by atoms with Crippen LogP contribution in [-0.4, -0.2) is 10.2 Å². The summed E-state index contributed by atoms with van der Waals surface area (Å²) in [5.74, 6) is 0. The van der Waals surface area contributed by atoms with Gasteiger partial charge in [0.1, 0.15) is 12.2 Å². The molecule has 0 amide bonds. The molecule has 2 heteroatoms. The SMILES string of the molecule is Cc1cc(C)cc(-c2ccc3c4c(cc(-c5cc(C)cc(C)c5)c3c2)[C@H](O)[C@@H](O)c2cc(-c3cc(C)cc(C)c3)c3cc(-c5cc(C)cc(C)c5)ccc3c2-4)c1. The number of benzene rings is 8. The van der Waals surface area contributed by atoms with Crippen LogP contribution < -0.4 is 0 Å². The molecule has 56 heavy (non-hydrogen) atoms. The molecule has 2 atom stereocenters. The van der Waals surface area contributed by atoms with Gasteiger partial charge in [-0.1, -0.05) is 142 Å². The Morgan fingerprint density at radius 3 is 0.875 bits per heavy atom. The Morgan fingerprint density at radius 1 is 0.286 bits per heavy atom. The Bertz CT molecular complexity index is 2650. The third-order valence-electron chi connectivity index (χ3n) is 11.7. The Hall–Kier alpha value is -5.80. The number of aliphatic hydroxyl groups excluding tert-OH is 2. The van der Waals surface area contributed by atoms with Crippen molar-refractivity contribution in [2.45, 2.75) is 67.6 Å². The average molecular weight is 729 g/mol. The van der Waals surface area contributed by atoms with Crippen molar-refractivity contribution in [3.05, 3.63) is 177 Å². The maximum atomic E-state index is 12.2. The summed E-state index contributed by atoms with van der Waals surface area (Å²) in [5.41, 5.74) is 22.2. The molecule has 0 bridgehead atoms. The minimum absolute atomic E-state index is 0.754. The van der Waals surface area contributed by atoms with E-state index in [0.29, 0.717) is 0 Å². The number of hydrogen-bond donors (Lipinski definition) is 2. The molecule has 0 unspecified atom stereocenters. The summed E-state index contributed by atoms with van der Waals surface area (Å²) in [6.07, 6.45) is -2.21. The van der Waals surface area contributed by atoms with Gasteiger partial charge in [-0.25, -0.2) is 0 Å². The standard InChI is InChI=1S/C54H48O2/c1-29-13-30(2)18-39(17-29)37-9-11-43-47(25-37)45(41-21-33(5)15-34(6)22-41)27-49-51(43)52-44-12-10-38(40-19-31(3)14-32(4)20-40)26-48(44)46(28-50(52)54(56)53(49)55)42-23-35(7)16-36(8)24-42/h9-28,53-56H,1-8H3/t53-,54-/m0/s1. The zero-order chi connectivity index (χ0) is 39.2. The molecule has 0 saturated carbocycles. The lowest BCUT2D eigenvalue weighted by Gasteiger charge is -2.33. The van der Waals surface area contributed by atoms with Crippen LogP contribution in [0.2, 0.25) is 0 Å². The maximum absolute atomic E-state index is 12.2. The van der Waals surface area contributed by atoms with Crippen molar-refractivity contribution in [2.75, 3.05) is 0 Å². The van der Waals surface area contributed by atoms with Crippen molar-refractivity contribution in [3.8, 4) is 55.6 Å². The van der Waals surface area contributed by atoms with E-state index >= 15 is 0 Å². The quantitative estimate of drug-likeness (QED) is 0.189. The largest absolute Gasteiger partial charge is 0.385 e. The van der Waals surface area contributed by atoms with Crippen LogP contribution in [0.4, 0.5) is 0 Å². The number of fused-ring (bicyclic) bond motifs is 7. The number of aryl methyl sites for hydroxylation is 8. The summed E-state index contributed by atoms with van der Waals surface area (Å²) in [7, 11) is 0. The Morgan fingerprint density at radius 2 is 0.571 bits per heavy atom. The Kier molecular flexibility index (Phi) is 8.61. The van der Waals surface area contributed by atoms with Gasteiger partial charge in [0.25, 0.3) is 0 Å². The van der Waals surface area contributed by atoms with Gasteiger partial charge in [0.15, 0.2) is 0 Å². The average Bonchev–Trinajstić information content (AvgIpc) is 3.14. The predicted molar refractivity (Wildman–Crippen MR) is 236 cm³/mol. The molecule has 2 nitrogen and oxygen atoms in total. The summed E-state index contributed by atoms with van der Waals surface area (Å²) in [5, 5.41) is 28.8. The van der Waals surface area contributed by atoms with E-state index in [4.69, 9.17) is 0 Å². The van der Waals surface area contributed by atoms with E-state index in [1.54, 1.807) is 0 Å². The van der Waals surface area contributed by atoms with Crippen molar-refractivity contribution < 1.29 is 10.2 Å². The fourth-order valence-electron chi connectivity index (χ4n) is 9.64. The van der Waals surface area contributed by atoms with Gasteiger partial charge in [-0.3, -0.25) is 0 Å². The van der Waals surface area contributed by atoms with Gasteiger partial charge < -0.3 is 10.2 Å². The molecular weight excluding hydrogens is 681 g/mol. The summed E-state index contributed by atoms with van der Waals surface area (Å²) in [4.78, 5) is 0. The predicted octanol–water partition coefficient (Wildman–Crippen LogP) is 13.9. The van der Waals surface area contributed by atoms with Crippen LogP contribution in [0.5, 0.6) is 0 Å². The van der Waals surface area contributed by atoms with Gasteiger partial charge in [-0.15, -0.1) is 0 Å². The molecule has 1 aliphatic carbocycles. The smallest absolute Gasteiger partial charge is 0.110 e. The van der Waals surface area contributed by atoms with E-state index in [-0.39, 0.29) is 0 Å². The van der Waals surface area contributed by atoms with Crippen molar-refractivity contribution in [1.29, 1.82) is 0 Å². The number of rotatable bonds is 4. The molecule has 0 aliphatic heterocycles. The Labute approximate surface area is 330 Å². The lowest BCUT2D eigenvalue weighted by molar-refractivity contribution is 0.0160. The molecule has 0 aromatic heterocycles. The zero-order valence-electron chi connectivity index (χ0n) is 33.6. The first-order valence-corrected chi connectivity index (χ1v) is 19.7. The summed E-state index contributed by atoms with van der Waals surface area (Å²) >= 11 is 0. The van der Waals surface area contributed by atoms with E-state index in [1.165, 1.54) is 55.6 Å². The van der Waals surface area contributed by atoms with Gasteiger partial charge >= 0.3 is 0 Å². The van der Waals surface area contributed by atoms with Gasteiger partial charge in [0.2, 0.25) is 0 Å². The van der Waals surface area contributed by atoms with E-state index in [2.05, 4.69) is 177 Å². The highest BCUT2D eigenvalue weighted by Crippen LogP contribution is 2.54. The molecule has 276 valence electrons. The van der Waals surface area contributed by atoms with E-state index in [1.807, 2.05) is 0 Å². The molecule has 0 heterocycles. The van der Waals surface area contributed by atoms with Gasteiger partial charge in [0.05, 0.1) is 0 Å². The van der Waals surface area contributed by atoms with Gasteiger partial charge in [-0.05, 0) is 168 Å². The molecule has 2 N–H and O–H groups in total. The first kappa shape index (κ1) is 35.9. The molecule has 0 saturated heterocycles. The minimum Gasteiger partial charge on any atom is -0.385 e. The number of aliphatic hydroxyl groups is 2. The molecule has 1 aliphatic rings. The molecule has 9 rings (SSSR count). The number of hydrogen-bond acceptors (Lipinski definition) is 2. The third kappa shape index (κ3) is 6.14. The van der Waals surface area contributed by atoms with Crippen molar-refractivity contribution >= 4 is 21.5 Å². The zero-order valence-corrected chi connectivity index (χ0v) is 33.6. The highest BCUT2D eigenvalue weighted by Gasteiger charge is 2.35. The Balaban J connectivity index is 1.41. The topological polar surface area (TPSA) is 40.5 Å². The van der Waals surface area contributed by atoms with Crippen LogP contribution in [0.3, 0.4) is 0 Å². The fraction of sp³-hybridized carbons (Fsp3) is 0.185. The molecule has 0 radical (unpaired) electrons. The second kappa shape index (κ2) is 13.4. The molecule has 8 aromatic rings. The summed E-state index contributed by atoms with van der Waals surface area (Å²) in [6, 6.07) is 44.7. The van der Waals surface area contributed by atoms with Crippen LogP contribution >= 0.6 is 0 Å². The molecule has 0 fully saturated rings.